The largest absolute Gasteiger partial charge is 0.353 e. The molecule has 4 nitrogen and oxygen atoms in total. The van der Waals surface area contributed by atoms with Crippen LogP contribution >= 0.6 is 11.8 Å². The highest BCUT2D eigenvalue weighted by Crippen LogP contribution is 2.15. The number of anilines is 1. The minimum absolute atomic E-state index is 0.0649. The molecule has 2 N–H and O–H groups in total. The van der Waals surface area contributed by atoms with Crippen molar-refractivity contribution in [2.75, 3.05) is 11.1 Å². The quantitative estimate of drug-likeness (QED) is 0.727. The number of hydrogen-bond donors (Lipinski definition) is 2. The van der Waals surface area contributed by atoms with E-state index in [4.69, 9.17) is 0 Å². The predicted molar refractivity (Wildman–Crippen MR) is 109 cm³/mol. The van der Waals surface area contributed by atoms with Crippen LogP contribution < -0.4 is 10.6 Å². The van der Waals surface area contributed by atoms with E-state index < -0.39 is 0 Å². The zero-order valence-electron chi connectivity index (χ0n) is 15.5. The Morgan fingerprint density at radius 3 is 2.23 bits per heavy atom. The molecule has 0 radical (unpaired) electrons. The van der Waals surface area contributed by atoms with Crippen molar-refractivity contribution < 1.29 is 9.59 Å². The Kier molecular flexibility index (Phi) is 7.73. The maximum Gasteiger partial charge on any atom is 0.255 e. The number of carbonyl (C=O) groups is 2. The fourth-order valence-electron chi connectivity index (χ4n) is 2.20. The molecule has 0 aromatic heterocycles. The van der Waals surface area contributed by atoms with Crippen molar-refractivity contribution in [2.45, 2.75) is 32.6 Å². The lowest BCUT2D eigenvalue weighted by Gasteiger charge is -2.17. The third-order valence-corrected chi connectivity index (χ3v) is 5.14. The van der Waals surface area contributed by atoms with E-state index in [0.29, 0.717) is 17.2 Å². The van der Waals surface area contributed by atoms with Crippen molar-refractivity contribution in [3.63, 3.8) is 0 Å². The number of para-hydroxylation sites is 1. The molecule has 2 amide bonds. The highest BCUT2D eigenvalue weighted by atomic mass is 32.2. The molecule has 0 unspecified atom stereocenters. The van der Waals surface area contributed by atoms with Crippen LogP contribution in [0.3, 0.4) is 0 Å². The molecule has 0 bridgehead atoms. The number of carbonyl (C=O) groups excluding carboxylic acids is 2. The molecule has 1 atom stereocenters. The van der Waals surface area contributed by atoms with Gasteiger partial charge in [0.25, 0.3) is 5.91 Å². The van der Waals surface area contributed by atoms with Crippen molar-refractivity contribution in [1.82, 2.24) is 5.32 Å². The Balaban J connectivity index is 1.78. The predicted octanol–water partition coefficient (Wildman–Crippen LogP) is 4.33. The Morgan fingerprint density at radius 2 is 1.62 bits per heavy atom. The molecule has 0 heterocycles. The molecule has 5 heteroatoms. The van der Waals surface area contributed by atoms with Gasteiger partial charge in [-0.2, -0.15) is 0 Å². The summed E-state index contributed by atoms with van der Waals surface area (Å²) in [4.78, 5) is 24.1. The normalized spacial score (nSPS) is 11.8. The van der Waals surface area contributed by atoms with Crippen LogP contribution in [0.25, 0.3) is 0 Å². The number of benzene rings is 2. The zero-order chi connectivity index (χ0) is 18.9. The lowest BCUT2D eigenvalue weighted by Crippen LogP contribution is -2.37. The summed E-state index contributed by atoms with van der Waals surface area (Å²) in [6.45, 7) is 6.20. The van der Waals surface area contributed by atoms with Crippen LogP contribution in [0.2, 0.25) is 0 Å². The van der Waals surface area contributed by atoms with Gasteiger partial charge in [0, 0.05) is 23.0 Å². The standard InChI is InChI=1S/C21H26N2O2S/c1-15(2)16(3)22-20(24)14-26-13-17-9-11-18(12-10-17)21(25)23-19-7-5-4-6-8-19/h4-12,15-16H,13-14H2,1-3H3,(H,22,24)(H,23,25)/t16-/m0/s1. The SMILES string of the molecule is CC(C)[C@H](C)NC(=O)CSCc1ccc(C(=O)Nc2ccccc2)cc1. The number of rotatable bonds is 8. The van der Waals surface area contributed by atoms with Gasteiger partial charge in [-0.25, -0.2) is 0 Å². The highest BCUT2D eigenvalue weighted by molar-refractivity contribution is 7.99. The minimum Gasteiger partial charge on any atom is -0.353 e. The third kappa shape index (κ3) is 6.56. The fraction of sp³-hybridized carbons (Fsp3) is 0.333. The molecular formula is C21H26N2O2S. The Morgan fingerprint density at radius 1 is 0.962 bits per heavy atom. The van der Waals surface area contributed by atoms with E-state index in [9.17, 15) is 9.59 Å². The van der Waals surface area contributed by atoms with Crippen LogP contribution in [0.4, 0.5) is 5.69 Å². The molecule has 0 fully saturated rings. The zero-order valence-corrected chi connectivity index (χ0v) is 16.3. The maximum absolute atomic E-state index is 12.2. The van der Waals surface area contributed by atoms with Gasteiger partial charge < -0.3 is 10.6 Å². The molecule has 2 rings (SSSR count). The smallest absolute Gasteiger partial charge is 0.255 e. The van der Waals surface area contributed by atoms with Crippen LogP contribution in [0.1, 0.15) is 36.7 Å². The lowest BCUT2D eigenvalue weighted by molar-refractivity contribution is -0.119. The third-order valence-electron chi connectivity index (χ3n) is 4.14. The molecule has 0 saturated heterocycles. The van der Waals surface area contributed by atoms with E-state index in [-0.39, 0.29) is 17.9 Å². The molecule has 0 aliphatic carbocycles. The summed E-state index contributed by atoms with van der Waals surface area (Å²) in [7, 11) is 0. The van der Waals surface area contributed by atoms with Gasteiger partial charge in [0.15, 0.2) is 0 Å². The van der Waals surface area contributed by atoms with Gasteiger partial charge >= 0.3 is 0 Å². The number of amides is 2. The van der Waals surface area contributed by atoms with Gasteiger partial charge in [-0.15, -0.1) is 11.8 Å². The second-order valence-electron chi connectivity index (χ2n) is 6.61. The van der Waals surface area contributed by atoms with Crippen LogP contribution in [0, 0.1) is 5.92 Å². The summed E-state index contributed by atoms with van der Waals surface area (Å²) in [6, 6.07) is 17.1. The molecular weight excluding hydrogens is 344 g/mol. The first-order valence-electron chi connectivity index (χ1n) is 8.78. The number of thioether (sulfide) groups is 1. The van der Waals surface area contributed by atoms with E-state index >= 15 is 0 Å². The lowest BCUT2D eigenvalue weighted by atomic mass is 10.1. The van der Waals surface area contributed by atoms with E-state index in [1.54, 1.807) is 11.8 Å². The van der Waals surface area contributed by atoms with Crippen molar-refractivity contribution in [2.24, 2.45) is 5.92 Å². The molecule has 0 spiro atoms. The summed E-state index contributed by atoms with van der Waals surface area (Å²) in [5.74, 6) is 1.54. The van der Waals surface area contributed by atoms with Gasteiger partial charge in [-0.1, -0.05) is 44.2 Å². The number of nitrogens with one attached hydrogen (secondary N) is 2. The monoisotopic (exact) mass is 370 g/mol. The van der Waals surface area contributed by atoms with Gasteiger partial charge in [0.1, 0.15) is 0 Å². The Labute approximate surface area is 159 Å². The van der Waals surface area contributed by atoms with Crippen molar-refractivity contribution in [3.05, 3.63) is 65.7 Å². The molecule has 2 aromatic rings. The van der Waals surface area contributed by atoms with Gasteiger partial charge in [-0.3, -0.25) is 9.59 Å². The summed E-state index contributed by atoms with van der Waals surface area (Å²) in [6.07, 6.45) is 0. The van der Waals surface area contributed by atoms with Crippen molar-refractivity contribution in [1.29, 1.82) is 0 Å². The molecule has 2 aromatic carbocycles. The molecule has 0 aliphatic heterocycles. The molecule has 138 valence electrons. The first kappa shape index (κ1) is 20.0. The summed E-state index contributed by atoms with van der Waals surface area (Å²) < 4.78 is 0. The van der Waals surface area contributed by atoms with Gasteiger partial charge in [-0.05, 0) is 42.7 Å². The van der Waals surface area contributed by atoms with Crippen LogP contribution in [-0.4, -0.2) is 23.6 Å². The average Bonchev–Trinajstić information content (AvgIpc) is 2.63. The second kappa shape index (κ2) is 10.0. The van der Waals surface area contributed by atoms with Crippen molar-refractivity contribution >= 4 is 29.3 Å². The minimum atomic E-state index is -0.127. The average molecular weight is 371 g/mol. The fourth-order valence-corrected chi connectivity index (χ4v) is 3.00. The van der Waals surface area contributed by atoms with Crippen LogP contribution in [0.5, 0.6) is 0 Å². The Bertz CT molecular complexity index is 715. The molecule has 0 aliphatic rings. The van der Waals surface area contributed by atoms with E-state index in [1.165, 1.54) is 0 Å². The summed E-state index contributed by atoms with van der Waals surface area (Å²) in [5, 5.41) is 5.87. The number of hydrogen-bond acceptors (Lipinski definition) is 3. The van der Waals surface area contributed by atoms with Gasteiger partial charge in [0.2, 0.25) is 5.91 Å². The Hall–Kier alpha value is -2.27. The van der Waals surface area contributed by atoms with E-state index in [0.717, 1.165) is 17.0 Å². The van der Waals surface area contributed by atoms with E-state index in [2.05, 4.69) is 24.5 Å². The second-order valence-corrected chi connectivity index (χ2v) is 7.60. The van der Waals surface area contributed by atoms with E-state index in [1.807, 2.05) is 61.5 Å². The summed E-state index contributed by atoms with van der Waals surface area (Å²) in [5.41, 5.74) is 2.49. The maximum atomic E-state index is 12.2. The topological polar surface area (TPSA) is 58.2 Å². The summed E-state index contributed by atoms with van der Waals surface area (Å²) >= 11 is 1.57. The molecule has 0 saturated carbocycles. The first-order valence-corrected chi connectivity index (χ1v) is 9.93. The van der Waals surface area contributed by atoms with Crippen molar-refractivity contribution in [3.8, 4) is 0 Å². The first-order chi connectivity index (χ1) is 12.5. The highest BCUT2D eigenvalue weighted by Gasteiger charge is 2.11. The van der Waals surface area contributed by atoms with Crippen LogP contribution in [-0.2, 0) is 10.5 Å². The van der Waals surface area contributed by atoms with Crippen LogP contribution in [0.15, 0.2) is 54.6 Å². The van der Waals surface area contributed by atoms with Gasteiger partial charge in [0.05, 0.1) is 5.75 Å². The molecule has 26 heavy (non-hydrogen) atoms.